The molecule has 0 fully saturated rings. The Kier molecular flexibility index (Phi) is 5.75. The Morgan fingerprint density at radius 3 is 2.67 bits per heavy atom. The fourth-order valence-corrected chi connectivity index (χ4v) is 3.11. The normalized spacial score (nSPS) is 12.0. The lowest BCUT2D eigenvalue weighted by molar-refractivity contribution is 0.0667. The minimum Gasteiger partial charge on any atom is -0.326 e. The van der Waals surface area contributed by atoms with Gasteiger partial charge in [0, 0.05) is 23.0 Å². The summed E-state index contributed by atoms with van der Waals surface area (Å²) in [5.74, 6) is 0.416. The third-order valence-corrected chi connectivity index (χ3v) is 4.25. The SMILES string of the molecule is Cc1cc(Cl)cc(C(=O)N(CCF)C(C)c2ncnn2-c2ncccn2)c1. The number of rotatable bonds is 6. The predicted octanol–water partition coefficient (Wildman–Crippen LogP) is 3.19. The van der Waals surface area contributed by atoms with Gasteiger partial charge in [0.25, 0.3) is 11.9 Å². The van der Waals surface area contributed by atoms with E-state index in [1.165, 1.54) is 15.9 Å². The van der Waals surface area contributed by atoms with Crippen molar-refractivity contribution < 1.29 is 9.18 Å². The van der Waals surface area contributed by atoms with Crippen molar-refractivity contribution in [2.45, 2.75) is 19.9 Å². The van der Waals surface area contributed by atoms with Crippen LogP contribution in [0.5, 0.6) is 0 Å². The molecule has 3 aromatic rings. The van der Waals surface area contributed by atoms with Crippen molar-refractivity contribution in [2.24, 2.45) is 0 Å². The van der Waals surface area contributed by atoms with E-state index in [-0.39, 0.29) is 12.5 Å². The van der Waals surface area contributed by atoms with Crippen molar-refractivity contribution in [3.8, 4) is 5.95 Å². The number of nitrogens with zero attached hydrogens (tertiary/aromatic N) is 6. The summed E-state index contributed by atoms with van der Waals surface area (Å²) in [4.78, 5) is 27.0. The van der Waals surface area contributed by atoms with Gasteiger partial charge >= 0.3 is 0 Å². The van der Waals surface area contributed by atoms with Gasteiger partial charge in [0.2, 0.25) is 0 Å². The average molecular weight is 389 g/mol. The summed E-state index contributed by atoms with van der Waals surface area (Å²) in [6.07, 6.45) is 4.51. The maximum Gasteiger partial charge on any atom is 0.254 e. The van der Waals surface area contributed by atoms with Gasteiger partial charge < -0.3 is 4.90 Å². The summed E-state index contributed by atoms with van der Waals surface area (Å²) in [7, 11) is 0. The highest BCUT2D eigenvalue weighted by Gasteiger charge is 2.27. The van der Waals surface area contributed by atoms with Crippen molar-refractivity contribution in [3.05, 3.63) is 65.0 Å². The van der Waals surface area contributed by atoms with E-state index in [1.54, 1.807) is 43.6 Å². The molecule has 140 valence electrons. The summed E-state index contributed by atoms with van der Waals surface area (Å²) in [5.41, 5.74) is 1.24. The number of aryl methyl sites for hydroxylation is 1. The Hall–Kier alpha value is -2.87. The monoisotopic (exact) mass is 388 g/mol. The second kappa shape index (κ2) is 8.22. The maximum absolute atomic E-state index is 13.2. The molecule has 9 heteroatoms. The van der Waals surface area contributed by atoms with E-state index in [0.29, 0.717) is 22.4 Å². The van der Waals surface area contributed by atoms with Gasteiger partial charge in [-0.3, -0.25) is 4.79 Å². The Labute approximate surface area is 160 Å². The largest absolute Gasteiger partial charge is 0.326 e. The highest BCUT2D eigenvalue weighted by Crippen LogP contribution is 2.23. The Morgan fingerprint density at radius 1 is 1.26 bits per heavy atom. The summed E-state index contributed by atoms with van der Waals surface area (Å²) in [5, 5.41) is 4.59. The number of hydrogen-bond acceptors (Lipinski definition) is 5. The van der Waals surface area contributed by atoms with Crippen LogP contribution in [-0.2, 0) is 0 Å². The maximum atomic E-state index is 13.2. The number of amides is 1. The van der Waals surface area contributed by atoms with Gasteiger partial charge in [0.05, 0.1) is 12.6 Å². The number of carbonyl (C=O) groups is 1. The van der Waals surface area contributed by atoms with Gasteiger partial charge in [-0.05, 0) is 43.7 Å². The van der Waals surface area contributed by atoms with E-state index in [2.05, 4.69) is 20.1 Å². The molecule has 7 nitrogen and oxygen atoms in total. The smallest absolute Gasteiger partial charge is 0.254 e. The highest BCUT2D eigenvalue weighted by atomic mass is 35.5. The molecular formula is C18H18ClFN6O. The minimum absolute atomic E-state index is 0.0892. The van der Waals surface area contributed by atoms with Gasteiger partial charge in [-0.25, -0.2) is 19.3 Å². The molecule has 1 atom stereocenters. The summed E-state index contributed by atoms with van der Waals surface area (Å²) in [6, 6.07) is 6.17. The average Bonchev–Trinajstić information content (AvgIpc) is 3.15. The fourth-order valence-electron chi connectivity index (χ4n) is 2.82. The van der Waals surface area contributed by atoms with E-state index in [0.717, 1.165) is 5.56 Å². The van der Waals surface area contributed by atoms with Crippen LogP contribution in [-0.4, -0.2) is 48.8 Å². The first-order chi connectivity index (χ1) is 13.0. The molecule has 0 saturated carbocycles. The molecule has 1 aromatic carbocycles. The highest BCUT2D eigenvalue weighted by molar-refractivity contribution is 6.31. The number of carbonyl (C=O) groups excluding carboxylic acids is 1. The quantitative estimate of drug-likeness (QED) is 0.648. The van der Waals surface area contributed by atoms with Crippen LogP contribution in [0, 0.1) is 6.92 Å². The van der Waals surface area contributed by atoms with E-state index in [1.807, 2.05) is 6.92 Å². The van der Waals surface area contributed by atoms with Crippen LogP contribution in [0.2, 0.25) is 5.02 Å². The second-order valence-electron chi connectivity index (χ2n) is 5.96. The first-order valence-electron chi connectivity index (χ1n) is 8.32. The van der Waals surface area contributed by atoms with Crippen molar-refractivity contribution in [1.82, 2.24) is 29.6 Å². The van der Waals surface area contributed by atoms with Crippen molar-refractivity contribution in [1.29, 1.82) is 0 Å². The molecule has 0 bridgehead atoms. The van der Waals surface area contributed by atoms with Crippen LogP contribution in [0.3, 0.4) is 0 Å². The summed E-state index contributed by atoms with van der Waals surface area (Å²) in [6.45, 7) is 2.82. The van der Waals surface area contributed by atoms with Crippen LogP contribution in [0.4, 0.5) is 4.39 Å². The van der Waals surface area contributed by atoms with Crippen molar-refractivity contribution >= 4 is 17.5 Å². The molecule has 0 aliphatic rings. The lowest BCUT2D eigenvalue weighted by atomic mass is 10.1. The molecule has 1 unspecified atom stereocenters. The Morgan fingerprint density at radius 2 is 2.00 bits per heavy atom. The van der Waals surface area contributed by atoms with E-state index in [9.17, 15) is 9.18 Å². The zero-order valence-electron chi connectivity index (χ0n) is 14.9. The summed E-state index contributed by atoms with van der Waals surface area (Å²) >= 11 is 6.07. The van der Waals surface area contributed by atoms with E-state index >= 15 is 0 Å². The molecule has 0 spiro atoms. The van der Waals surface area contributed by atoms with E-state index in [4.69, 9.17) is 11.6 Å². The topological polar surface area (TPSA) is 76.8 Å². The molecular weight excluding hydrogens is 371 g/mol. The van der Waals surface area contributed by atoms with Gasteiger partial charge in [0.1, 0.15) is 13.0 Å². The molecule has 0 N–H and O–H groups in total. The van der Waals surface area contributed by atoms with Crippen LogP contribution in [0.1, 0.15) is 34.7 Å². The number of aromatic nitrogens is 5. The van der Waals surface area contributed by atoms with Crippen LogP contribution >= 0.6 is 11.6 Å². The number of benzene rings is 1. The molecule has 2 heterocycles. The zero-order valence-corrected chi connectivity index (χ0v) is 15.6. The Balaban J connectivity index is 1.96. The van der Waals surface area contributed by atoms with Crippen LogP contribution in [0.15, 0.2) is 43.0 Å². The third-order valence-electron chi connectivity index (χ3n) is 4.03. The van der Waals surface area contributed by atoms with Crippen LogP contribution < -0.4 is 0 Å². The molecule has 0 saturated heterocycles. The van der Waals surface area contributed by atoms with Gasteiger partial charge in [-0.15, -0.1) is 0 Å². The standard InChI is InChI=1S/C18H18ClFN6O/c1-12-8-14(10-15(19)9-12)17(27)25(7-4-20)13(2)16-23-11-24-26(16)18-21-5-3-6-22-18/h3,5-6,8-11,13H,4,7H2,1-2H3. The third kappa shape index (κ3) is 4.11. The molecule has 1 amide bonds. The minimum atomic E-state index is -0.689. The molecule has 2 aromatic heterocycles. The predicted molar refractivity (Wildman–Crippen MR) is 98.6 cm³/mol. The van der Waals surface area contributed by atoms with Gasteiger partial charge in [0.15, 0.2) is 5.82 Å². The fraction of sp³-hybridized carbons (Fsp3) is 0.278. The van der Waals surface area contributed by atoms with Crippen molar-refractivity contribution in [3.63, 3.8) is 0 Å². The molecule has 0 aliphatic carbocycles. The first-order valence-corrected chi connectivity index (χ1v) is 8.70. The number of hydrogen-bond donors (Lipinski definition) is 0. The van der Waals surface area contributed by atoms with Gasteiger partial charge in [-0.2, -0.15) is 9.78 Å². The Bertz CT molecular complexity index is 912. The van der Waals surface area contributed by atoms with Crippen molar-refractivity contribution in [2.75, 3.05) is 13.2 Å². The first kappa shape index (κ1) is 18.9. The van der Waals surface area contributed by atoms with Crippen LogP contribution in [0.25, 0.3) is 5.95 Å². The lowest BCUT2D eigenvalue weighted by Gasteiger charge is -2.28. The van der Waals surface area contributed by atoms with E-state index < -0.39 is 12.7 Å². The molecule has 0 radical (unpaired) electrons. The number of alkyl halides is 1. The molecule has 3 rings (SSSR count). The zero-order chi connectivity index (χ0) is 19.4. The van der Waals surface area contributed by atoms with Gasteiger partial charge in [-0.1, -0.05) is 11.6 Å². The lowest BCUT2D eigenvalue weighted by Crippen LogP contribution is -2.36. The molecule has 0 aliphatic heterocycles. The number of halogens is 2. The molecule has 27 heavy (non-hydrogen) atoms. The second-order valence-corrected chi connectivity index (χ2v) is 6.40. The summed E-state index contributed by atoms with van der Waals surface area (Å²) < 4.78 is 14.7.